The van der Waals surface area contributed by atoms with Crippen molar-refractivity contribution >= 4 is 131 Å². The largest absolute Gasteiger partial charge is 0.309 e. The van der Waals surface area contributed by atoms with Crippen LogP contribution in [0.5, 0.6) is 0 Å². The molecule has 9 aromatic heterocycles. The van der Waals surface area contributed by atoms with Crippen LogP contribution in [-0.2, 0) is 0 Å². The zero-order valence-corrected chi connectivity index (χ0v) is 78.6. The van der Waals surface area contributed by atoms with Gasteiger partial charge in [0.25, 0.3) is 0 Å². The van der Waals surface area contributed by atoms with Crippen LogP contribution in [0.15, 0.2) is 527 Å². The predicted molar refractivity (Wildman–Crippen MR) is 614 cm³/mol. The van der Waals surface area contributed by atoms with Crippen molar-refractivity contribution in [1.82, 2.24) is 72.3 Å². The lowest BCUT2D eigenvalue weighted by Gasteiger charge is -2.14. The van der Waals surface area contributed by atoms with Crippen molar-refractivity contribution in [3.63, 3.8) is 0 Å². The van der Waals surface area contributed by atoms with Gasteiger partial charge in [-0.25, -0.2) is 15.0 Å². The molecule has 15 heteroatoms. The molecule has 30 aromatic rings. The van der Waals surface area contributed by atoms with Gasteiger partial charge in [0.05, 0.1) is 113 Å². The van der Waals surface area contributed by atoms with Crippen LogP contribution in [0.1, 0.15) is 41.1 Å². The molecule has 0 unspecified atom stereocenters. The zero-order valence-electron chi connectivity index (χ0n) is 109. The fourth-order valence-electron chi connectivity index (χ4n) is 20.4. The molecule has 702 valence electrons. The van der Waals surface area contributed by atoms with E-state index in [4.69, 9.17) is 71.0 Å². The van der Waals surface area contributed by atoms with E-state index in [9.17, 15) is 0 Å². The molecule has 150 heavy (non-hydrogen) atoms. The molecule has 15 nitrogen and oxygen atoms in total. The maximum Gasteiger partial charge on any atom is 0.238 e. The molecular weight excluding hydrogens is 1830 g/mol. The molecule has 0 atom stereocenters. The predicted octanol–water partition coefficient (Wildman–Crippen LogP) is 33.2. The summed E-state index contributed by atoms with van der Waals surface area (Å²) in [5.74, 6) is -2.18. The van der Waals surface area contributed by atoms with E-state index >= 15 is 0 Å². The lowest BCUT2D eigenvalue weighted by Crippen LogP contribution is -2.06. The first-order valence-electron chi connectivity index (χ1n) is 62.9. The summed E-state index contributed by atoms with van der Waals surface area (Å²) < 4.78 is 268. The van der Waals surface area contributed by atoms with Crippen molar-refractivity contribution in [3.8, 4) is 137 Å². The van der Waals surface area contributed by atoms with Gasteiger partial charge in [0.1, 0.15) is 0 Å². The van der Waals surface area contributed by atoms with Crippen molar-refractivity contribution in [2.24, 2.45) is 0 Å². The van der Waals surface area contributed by atoms with E-state index in [-0.39, 0.29) is 86.2 Å². The van der Waals surface area contributed by atoms with Crippen molar-refractivity contribution in [3.05, 3.63) is 527 Å². The smallest absolute Gasteiger partial charge is 0.238 e. The highest BCUT2D eigenvalue weighted by Gasteiger charge is 2.28. The normalized spacial score (nSPS) is 14.4. The highest BCUT2D eigenvalue weighted by Crippen LogP contribution is 2.47. The van der Waals surface area contributed by atoms with E-state index in [2.05, 4.69) is 174 Å². The second-order valence-corrected chi connectivity index (χ2v) is 35.3. The Labute approximate surface area is 903 Å². The van der Waals surface area contributed by atoms with Crippen LogP contribution in [0.4, 0.5) is 0 Å². The lowest BCUT2D eigenvalue weighted by molar-refractivity contribution is 0.953. The molecule has 0 saturated carbocycles. The Balaban J connectivity index is 0.000000123. The van der Waals surface area contributed by atoms with Gasteiger partial charge in [0, 0.05) is 115 Å². The molecule has 9 heterocycles. The molecule has 0 N–H and O–H groups in total. The molecule has 0 radical (unpaired) electrons. The monoisotopic (exact) mass is 1950 g/mol. The van der Waals surface area contributed by atoms with Crippen molar-refractivity contribution in [1.29, 1.82) is 0 Å². The molecule has 21 aromatic carbocycles. The lowest BCUT2D eigenvalue weighted by atomic mass is 10.0. The van der Waals surface area contributed by atoms with E-state index in [1.165, 1.54) is 0 Å². The number of rotatable bonds is 15. The molecule has 0 aliphatic rings. The Morgan fingerprint density at radius 3 is 0.733 bits per heavy atom. The molecular formula is C135H87N15. The van der Waals surface area contributed by atoms with Gasteiger partial charge in [-0.1, -0.05) is 424 Å². The molecule has 0 amide bonds. The summed E-state index contributed by atoms with van der Waals surface area (Å²) in [6, 6.07) is 97.5. The third-order valence-electron chi connectivity index (χ3n) is 26.9. The van der Waals surface area contributed by atoms with Gasteiger partial charge in [-0.05, 0) is 131 Å². The van der Waals surface area contributed by atoms with Crippen LogP contribution in [0, 0.1) is 0 Å². The Bertz CT molecular complexity index is 12100. The highest BCUT2D eigenvalue weighted by atomic mass is 15.2. The number of hydrogen-bond acceptors (Lipinski definition) is 9. The van der Waals surface area contributed by atoms with Gasteiger partial charge >= 0.3 is 0 Å². The Hall–Kier alpha value is -20.5. The average molecular weight is 1950 g/mol. The zero-order chi connectivity index (χ0) is 125. The first-order chi connectivity index (χ1) is 86.8. The molecule has 0 bridgehead atoms. The molecule has 0 aliphatic heterocycles. The van der Waals surface area contributed by atoms with Gasteiger partial charge in [-0.15, -0.1) is 0 Å². The third kappa shape index (κ3) is 15.3. The fraction of sp³-hybridized carbons (Fsp3) is 0. The van der Waals surface area contributed by atoms with E-state index in [0.717, 1.165) is 148 Å². The standard InChI is InChI=1S/3C45H29N5/c1-4-16-30(17-5-1)33-22-10-13-25-38(33)49-39-26-14-11-23-34(39)36-28-37-35-24-12-15-27-40(35)50(42(37)29-41(36)49)45-47-43(31-18-6-2-7-19-31)46-44(48-45)32-20-8-3-9-21-32;1-4-15-30(16-5-1)33-21-14-22-34(27-33)49-39-25-12-10-23-35(39)37-29-42-38(28-41(37)49)36-24-11-13-26-40(36)50(42)45-47-43(31-17-6-2-7-18-31)46-44(48-45)32-19-8-3-9-20-32;1-4-14-30(15-5-1)31-24-26-34(27-25-31)49-39-22-12-10-20-35(39)37-29-42-38(28-41(37)49)36-21-11-13-23-40(36)50(42)45-47-43(32-16-6-2-7-17-32)46-44(48-45)33-18-8-3-9-19-33/h3*1-29H/i2D,3D,6D,7D,8D,9D,18D,19D,20D,21D;2D,3D,6D,7D,8D,9D,17D,18D,19D,20D;2D,3D,6D,7D,8D,9D,16D,17D,18D,19D. The Morgan fingerprint density at radius 1 is 0.140 bits per heavy atom. The minimum Gasteiger partial charge on any atom is -0.309 e. The number of hydrogen-bond donors (Lipinski definition) is 0. The summed E-state index contributed by atoms with van der Waals surface area (Å²) in [6.07, 6.45) is 0. The number of nitrogens with zero attached hydrogens (tertiary/aromatic N) is 15. The van der Waals surface area contributed by atoms with Crippen molar-refractivity contribution < 1.29 is 41.1 Å². The van der Waals surface area contributed by atoms with Gasteiger partial charge in [0.15, 0.2) is 34.9 Å². The molecule has 0 saturated heterocycles. The van der Waals surface area contributed by atoms with Gasteiger partial charge < -0.3 is 13.7 Å². The van der Waals surface area contributed by atoms with Gasteiger partial charge in [-0.2, -0.15) is 29.9 Å². The number of aromatic nitrogens is 15. The minimum atomic E-state index is -0.611. The first kappa shape index (κ1) is 61.4. The SMILES string of the molecule is [2H]c1c([2H])c([2H])c(-c2nc(-c3c([2H])c([2H])c([2H])c([2H])c3[2H])nc(-n3c4ccccc4c4cc5c(cc43)c3ccccc3n5-c3ccc(-c4ccccc4)cc3)n2)c([2H])c1[2H].[2H]c1c([2H])c([2H])c(-c2nc(-c3c([2H])c([2H])c([2H])c([2H])c3[2H])nc(-n3c4ccccc4c4cc5c(cc43)c3ccccc3n5-c3cccc(-c4ccccc4)c3)n2)c([2H])c1[2H].[2H]c1c([2H])c([2H])c(-c2nc(-c3c([2H])c([2H])c([2H])c([2H])c3[2H])nc(-n3c4ccccc4c4cc5c6ccccc6n(-c6ccccc6-c6ccccc6)c5cc43)n2)c([2H])c1[2H]. The summed E-state index contributed by atoms with van der Waals surface area (Å²) in [7, 11) is 0. The summed E-state index contributed by atoms with van der Waals surface area (Å²) in [5, 5.41) is 10.8. The number of benzene rings is 21. The maximum atomic E-state index is 8.82. The second kappa shape index (κ2) is 37.0. The third-order valence-corrected chi connectivity index (χ3v) is 26.9. The average Bonchev–Trinajstić information content (AvgIpc) is 1.56. The van der Waals surface area contributed by atoms with Crippen LogP contribution in [0.2, 0.25) is 0 Å². The van der Waals surface area contributed by atoms with Crippen molar-refractivity contribution in [2.75, 3.05) is 0 Å². The Kier molecular flexibility index (Phi) is 15.2. The fourth-order valence-corrected chi connectivity index (χ4v) is 20.4. The highest BCUT2D eigenvalue weighted by molar-refractivity contribution is 6.23. The molecule has 0 aliphatic carbocycles. The van der Waals surface area contributed by atoms with E-state index in [0.29, 0.717) is 33.1 Å². The van der Waals surface area contributed by atoms with E-state index in [1.807, 2.05) is 200 Å². The maximum absolute atomic E-state index is 8.82. The van der Waals surface area contributed by atoms with Gasteiger partial charge in [-0.3, -0.25) is 13.7 Å². The summed E-state index contributed by atoms with van der Waals surface area (Å²) >= 11 is 0. The molecule has 30 rings (SSSR count). The van der Waals surface area contributed by atoms with Crippen LogP contribution >= 0.6 is 0 Å². The number of fused-ring (bicyclic) bond motifs is 18. The van der Waals surface area contributed by atoms with Gasteiger partial charge in [0.2, 0.25) is 17.8 Å². The minimum absolute atomic E-state index is 0.0561. The van der Waals surface area contributed by atoms with Crippen LogP contribution in [-0.4, -0.2) is 72.3 Å². The van der Waals surface area contributed by atoms with Crippen LogP contribution in [0.25, 0.3) is 267 Å². The molecule has 0 fully saturated rings. The Morgan fingerprint density at radius 2 is 0.387 bits per heavy atom. The summed E-state index contributed by atoms with van der Waals surface area (Å²) in [5.41, 5.74) is 16.9. The van der Waals surface area contributed by atoms with E-state index in [1.54, 1.807) is 13.7 Å². The summed E-state index contributed by atoms with van der Waals surface area (Å²) in [6.45, 7) is 0. The van der Waals surface area contributed by atoms with Crippen LogP contribution in [0.3, 0.4) is 0 Å². The first-order valence-corrected chi connectivity index (χ1v) is 47.9. The summed E-state index contributed by atoms with van der Waals surface area (Å²) in [4.78, 5) is 42.2. The quantitative estimate of drug-likeness (QED) is 0.0979. The van der Waals surface area contributed by atoms with Crippen LogP contribution < -0.4 is 0 Å². The second-order valence-electron chi connectivity index (χ2n) is 35.3. The van der Waals surface area contributed by atoms with E-state index < -0.39 is 181 Å². The number of para-hydroxylation sites is 7. The van der Waals surface area contributed by atoms with Crippen molar-refractivity contribution in [2.45, 2.75) is 0 Å². The topological polar surface area (TPSA) is 146 Å². The molecule has 0 spiro atoms.